The van der Waals surface area contributed by atoms with Gasteiger partial charge in [-0.2, -0.15) is 0 Å². The lowest BCUT2D eigenvalue weighted by atomic mass is 10.1. The molecule has 0 amide bonds. The lowest BCUT2D eigenvalue weighted by molar-refractivity contribution is -0.137. The number of halogens is 1. The zero-order chi connectivity index (χ0) is 21.7. The van der Waals surface area contributed by atoms with Gasteiger partial charge in [-0.15, -0.1) is 0 Å². The van der Waals surface area contributed by atoms with Crippen LogP contribution in [0.2, 0.25) is 0 Å². The molecule has 0 saturated heterocycles. The van der Waals surface area contributed by atoms with Crippen LogP contribution in [0, 0.1) is 5.82 Å². The Kier molecular flexibility index (Phi) is 6.26. The van der Waals surface area contributed by atoms with Gasteiger partial charge >= 0.3 is 5.97 Å². The summed E-state index contributed by atoms with van der Waals surface area (Å²) >= 11 is 0. The molecule has 0 fully saturated rings. The summed E-state index contributed by atoms with van der Waals surface area (Å²) in [6.45, 7) is 1.81. The largest absolute Gasteiger partial charge is 0.501 e. The lowest BCUT2D eigenvalue weighted by Gasteiger charge is -2.03. The first-order valence-corrected chi connectivity index (χ1v) is 8.97. The highest BCUT2D eigenvalue weighted by Gasteiger charge is 2.23. The third kappa shape index (κ3) is 4.91. The molecule has 0 aliphatic rings. The van der Waals surface area contributed by atoms with Crippen molar-refractivity contribution in [3.05, 3.63) is 93.2 Å². The molecule has 0 aliphatic heterocycles. The summed E-state index contributed by atoms with van der Waals surface area (Å²) in [7, 11) is 0. The molecule has 7 nitrogen and oxygen atoms in total. The molecule has 2 aromatic heterocycles. The molecular formula is C22H17FO7. The van der Waals surface area contributed by atoms with Gasteiger partial charge in [0.1, 0.15) is 17.3 Å². The second kappa shape index (κ2) is 9.04. The highest BCUT2D eigenvalue weighted by molar-refractivity contribution is 6.06. The lowest BCUT2D eigenvalue weighted by Crippen LogP contribution is -2.09. The van der Waals surface area contributed by atoms with E-state index in [-0.39, 0.29) is 23.9 Å². The number of esters is 1. The Morgan fingerprint density at radius 1 is 1.13 bits per heavy atom. The first-order chi connectivity index (χ1) is 14.4. The molecule has 2 heterocycles. The van der Waals surface area contributed by atoms with Gasteiger partial charge in [0.2, 0.25) is 16.9 Å². The van der Waals surface area contributed by atoms with E-state index in [1.54, 1.807) is 25.1 Å². The van der Waals surface area contributed by atoms with Crippen LogP contribution in [0.4, 0.5) is 4.39 Å². The number of benzene rings is 1. The van der Waals surface area contributed by atoms with Crippen LogP contribution in [-0.4, -0.2) is 23.5 Å². The van der Waals surface area contributed by atoms with Crippen LogP contribution in [-0.2, 0) is 16.0 Å². The molecule has 3 aromatic rings. The summed E-state index contributed by atoms with van der Waals surface area (Å²) in [6, 6.07) is 9.66. The third-order valence-corrected chi connectivity index (χ3v) is 4.00. The normalized spacial score (nSPS) is 11.0. The van der Waals surface area contributed by atoms with Crippen LogP contribution in [0.25, 0.3) is 6.08 Å². The van der Waals surface area contributed by atoms with Crippen LogP contribution < -0.4 is 5.43 Å². The maximum absolute atomic E-state index is 13.0. The third-order valence-electron chi connectivity index (χ3n) is 4.00. The van der Waals surface area contributed by atoms with Crippen molar-refractivity contribution in [1.82, 2.24) is 0 Å². The van der Waals surface area contributed by atoms with Gasteiger partial charge in [-0.1, -0.05) is 12.1 Å². The fraction of sp³-hybridized carbons (Fsp3) is 0.136. The first kappa shape index (κ1) is 20.8. The molecule has 0 unspecified atom stereocenters. The van der Waals surface area contributed by atoms with Crippen LogP contribution >= 0.6 is 0 Å². The zero-order valence-electron chi connectivity index (χ0n) is 15.9. The summed E-state index contributed by atoms with van der Waals surface area (Å²) in [5.74, 6) is -3.21. The van der Waals surface area contributed by atoms with Crippen molar-refractivity contribution < 1.29 is 32.7 Å². The first-order valence-electron chi connectivity index (χ1n) is 8.97. The van der Waals surface area contributed by atoms with Crippen molar-refractivity contribution in [3.8, 4) is 5.75 Å². The maximum Gasteiger partial charge on any atom is 0.330 e. The van der Waals surface area contributed by atoms with Gasteiger partial charge in [-0.25, -0.2) is 9.18 Å². The van der Waals surface area contributed by atoms with E-state index in [2.05, 4.69) is 0 Å². The number of carbonyl (C=O) groups is 2. The number of aromatic hydroxyl groups is 1. The number of hydrogen-bond donors (Lipinski definition) is 1. The fourth-order valence-corrected chi connectivity index (χ4v) is 2.59. The Hall–Kier alpha value is -3.94. The molecule has 3 rings (SSSR count). The van der Waals surface area contributed by atoms with Crippen LogP contribution in [0.3, 0.4) is 0 Å². The van der Waals surface area contributed by atoms with Crippen molar-refractivity contribution in [2.75, 3.05) is 6.61 Å². The molecule has 1 aromatic carbocycles. The molecule has 154 valence electrons. The minimum atomic E-state index is -0.871. The Bertz CT molecular complexity index is 1150. The molecular weight excluding hydrogens is 395 g/mol. The summed E-state index contributed by atoms with van der Waals surface area (Å²) in [5.41, 5.74) is -0.0866. The van der Waals surface area contributed by atoms with Gasteiger partial charge in [0.15, 0.2) is 5.76 Å². The van der Waals surface area contributed by atoms with Gasteiger partial charge in [-0.3, -0.25) is 9.59 Å². The van der Waals surface area contributed by atoms with E-state index < -0.39 is 28.7 Å². The second-order valence-corrected chi connectivity index (χ2v) is 6.17. The molecule has 1 N–H and O–H groups in total. The number of ketones is 1. The number of furan rings is 1. The minimum absolute atomic E-state index is 0.118. The quantitative estimate of drug-likeness (QED) is 0.360. The van der Waals surface area contributed by atoms with E-state index in [0.717, 1.165) is 23.8 Å². The number of ether oxygens (including phenoxy) is 1. The van der Waals surface area contributed by atoms with Crippen molar-refractivity contribution in [1.29, 1.82) is 0 Å². The van der Waals surface area contributed by atoms with Gasteiger partial charge in [-0.05, 0) is 42.8 Å². The van der Waals surface area contributed by atoms with Gasteiger partial charge in [0.25, 0.3) is 5.78 Å². The highest BCUT2D eigenvalue weighted by Crippen LogP contribution is 2.22. The number of hydrogen-bond acceptors (Lipinski definition) is 7. The predicted octanol–water partition coefficient (Wildman–Crippen LogP) is 3.48. The summed E-state index contributed by atoms with van der Waals surface area (Å²) in [5, 5.41) is 9.96. The maximum atomic E-state index is 13.0. The Balaban J connectivity index is 1.84. The van der Waals surface area contributed by atoms with E-state index in [9.17, 15) is 23.9 Å². The van der Waals surface area contributed by atoms with Crippen molar-refractivity contribution in [3.63, 3.8) is 0 Å². The standard InChI is InChI=1S/C22H17FO7/c1-2-28-19(25)10-8-16-12-17(24)20(26)22(30-16)21(27)18-9-7-15(29-18)11-13-3-5-14(23)6-4-13/h3-10,12,26H,2,11H2,1H3. The number of carbonyl (C=O) groups excluding carboxylic acids is 2. The predicted molar refractivity (Wildman–Crippen MR) is 104 cm³/mol. The molecule has 30 heavy (non-hydrogen) atoms. The summed E-state index contributed by atoms with van der Waals surface area (Å²) in [4.78, 5) is 36.0. The van der Waals surface area contributed by atoms with Crippen molar-refractivity contribution in [2.24, 2.45) is 0 Å². The highest BCUT2D eigenvalue weighted by atomic mass is 19.1. The Morgan fingerprint density at radius 2 is 1.87 bits per heavy atom. The topological polar surface area (TPSA) is 107 Å². The zero-order valence-corrected chi connectivity index (χ0v) is 15.9. The van der Waals surface area contributed by atoms with E-state index in [0.29, 0.717) is 12.2 Å². The number of rotatable bonds is 7. The second-order valence-electron chi connectivity index (χ2n) is 6.17. The van der Waals surface area contributed by atoms with Crippen molar-refractivity contribution in [2.45, 2.75) is 13.3 Å². The Morgan fingerprint density at radius 3 is 2.57 bits per heavy atom. The van der Waals surface area contributed by atoms with Crippen LogP contribution in [0.5, 0.6) is 5.75 Å². The van der Waals surface area contributed by atoms with E-state index >= 15 is 0 Å². The SMILES string of the molecule is CCOC(=O)C=Cc1cc(=O)c(O)c(C(=O)c2ccc(Cc3ccc(F)cc3)o2)o1. The van der Waals surface area contributed by atoms with E-state index in [1.165, 1.54) is 18.2 Å². The van der Waals surface area contributed by atoms with Gasteiger partial charge in [0.05, 0.1) is 6.61 Å². The van der Waals surface area contributed by atoms with E-state index in [4.69, 9.17) is 13.6 Å². The molecule has 0 atom stereocenters. The molecule has 0 aliphatic carbocycles. The molecule has 0 saturated carbocycles. The average molecular weight is 412 g/mol. The minimum Gasteiger partial charge on any atom is -0.501 e. The molecule has 0 bridgehead atoms. The fourth-order valence-electron chi connectivity index (χ4n) is 2.59. The Labute approximate surface area is 170 Å². The van der Waals surface area contributed by atoms with Gasteiger partial charge < -0.3 is 18.7 Å². The van der Waals surface area contributed by atoms with E-state index in [1.807, 2.05) is 0 Å². The van der Waals surface area contributed by atoms with Gasteiger partial charge in [0, 0.05) is 18.6 Å². The smallest absolute Gasteiger partial charge is 0.330 e. The van der Waals surface area contributed by atoms with Crippen LogP contribution in [0.1, 0.15) is 40.3 Å². The van der Waals surface area contributed by atoms with Crippen molar-refractivity contribution >= 4 is 17.8 Å². The molecule has 0 radical (unpaired) electrons. The van der Waals surface area contributed by atoms with Crippen LogP contribution in [0.15, 0.2) is 62.2 Å². The summed E-state index contributed by atoms with van der Waals surface area (Å²) in [6.07, 6.45) is 2.49. The summed E-state index contributed by atoms with van der Waals surface area (Å²) < 4.78 is 28.5. The molecule has 0 spiro atoms. The molecule has 8 heteroatoms. The monoisotopic (exact) mass is 412 g/mol. The average Bonchev–Trinajstić information content (AvgIpc) is 3.18.